The van der Waals surface area contributed by atoms with Crippen molar-refractivity contribution in [3.8, 4) is 0 Å². The molecule has 3 rings (SSSR count). The van der Waals surface area contributed by atoms with E-state index in [9.17, 15) is 24.0 Å². The molecule has 0 aromatic rings. The van der Waals surface area contributed by atoms with Gasteiger partial charge in [-0.05, 0) is 46.0 Å². The van der Waals surface area contributed by atoms with Gasteiger partial charge in [-0.15, -0.1) is 0 Å². The van der Waals surface area contributed by atoms with Crippen molar-refractivity contribution in [2.45, 2.75) is 83.6 Å². The van der Waals surface area contributed by atoms with Crippen LogP contribution < -0.4 is 5.32 Å². The molecule has 32 heavy (non-hydrogen) atoms. The van der Waals surface area contributed by atoms with Gasteiger partial charge in [0.25, 0.3) is 0 Å². The highest BCUT2D eigenvalue weighted by molar-refractivity contribution is 5.95. The lowest BCUT2D eigenvalue weighted by atomic mass is 10.1. The van der Waals surface area contributed by atoms with Crippen LogP contribution in [0.2, 0.25) is 0 Å². The van der Waals surface area contributed by atoms with Crippen LogP contribution in [-0.2, 0) is 28.7 Å². The topological polar surface area (TPSA) is 116 Å². The number of likely N-dealkylation sites (N-methyl/N-ethyl adjacent to an activating group) is 1. The number of esters is 1. The van der Waals surface area contributed by atoms with E-state index in [0.29, 0.717) is 32.4 Å². The van der Waals surface area contributed by atoms with E-state index in [2.05, 4.69) is 5.32 Å². The van der Waals surface area contributed by atoms with Gasteiger partial charge < -0.3 is 24.8 Å². The summed E-state index contributed by atoms with van der Waals surface area (Å²) in [5.74, 6) is -1.86. The van der Waals surface area contributed by atoms with Gasteiger partial charge >= 0.3 is 5.97 Å². The molecule has 0 spiro atoms. The van der Waals surface area contributed by atoms with E-state index in [4.69, 9.17) is 4.74 Å². The Kier molecular flexibility index (Phi) is 7.09. The number of hydrogen-bond acceptors (Lipinski definition) is 6. The standard InChI is InChI=1S/C22H34N4O6/c1-12-9-17-22(31)32-13(2)10-18(27)25-8-6-7-16(25)21(30)24(5)15(4)19(28)23-14(3)20(29)26(17)11-12/h12-17H,6-11H2,1-5H3,(H,23,28). The van der Waals surface area contributed by atoms with Gasteiger partial charge in [0.2, 0.25) is 23.6 Å². The molecule has 3 fully saturated rings. The number of carbonyl (C=O) groups is 5. The Morgan fingerprint density at radius 2 is 1.62 bits per heavy atom. The minimum atomic E-state index is -0.857. The molecule has 3 aliphatic heterocycles. The first-order valence-corrected chi connectivity index (χ1v) is 11.4. The summed E-state index contributed by atoms with van der Waals surface area (Å²) < 4.78 is 5.54. The number of carbonyl (C=O) groups excluding carboxylic acids is 5. The van der Waals surface area contributed by atoms with Gasteiger partial charge in [-0.1, -0.05) is 6.92 Å². The second kappa shape index (κ2) is 9.46. The van der Waals surface area contributed by atoms with Crippen LogP contribution in [0.15, 0.2) is 0 Å². The first-order chi connectivity index (χ1) is 15.0. The molecule has 0 aliphatic carbocycles. The third kappa shape index (κ3) is 4.73. The Hall–Kier alpha value is -2.65. The van der Waals surface area contributed by atoms with Crippen LogP contribution in [0, 0.1) is 5.92 Å². The molecule has 178 valence electrons. The van der Waals surface area contributed by atoms with Gasteiger partial charge in [-0.2, -0.15) is 0 Å². The summed E-state index contributed by atoms with van der Waals surface area (Å²) in [6.07, 6.45) is 0.947. The van der Waals surface area contributed by atoms with E-state index in [1.165, 1.54) is 21.7 Å². The van der Waals surface area contributed by atoms with Crippen LogP contribution in [-0.4, -0.2) is 94.7 Å². The molecule has 3 aliphatic rings. The Morgan fingerprint density at radius 3 is 2.31 bits per heavy atom. The fourth-order valence-corrected chi connectivity index (χ4v) is 4.76. The highest BCUT2D eigenvalue weighted by Crippen LogP contribution is 2.26. The maximum atomic E-state index is 13.1. The summed E-state index contributed by atoms with van der Waals surface area (Å²) in [6.45, 7) is 7.59. The molecule has 0 aromatic carbocycles. The van der Waals surface area contributed by atoms with Gasteiger partial charge in [-0.25, -0.2) is 4.79 Å². The van der Waals surface area contributed by atoms with E-state index in [1.807, 2.05) is 6.92 Å². The number of cyclic esters (lactones) is 1. The summed E-state index contributed by atoms with van der Waals surface area (Å²) in [5.41, 5.74) is 0. The summed E-state index contributed by atoms with van der Waals surface area (Å²) in [4.78, 5) is 69.0. The Labute approximate surface area is 188 Å². The van der Waals surface area contributed by atoms with Crippen LogP contribution in [0.3, 0.4) is 0 Å². The SMILES string of the molecule is CC1CC2C(=O)OC(C)CC(=O)N3CCCC3C(=O)N(C)C(C)C(=O)NC(C)C(=O)N2C1. The number of hydrogen-bond donors (Lipinski definition) is 1. The highest BCUT2D eigenvalue weighted by atomic mass is 16.5. The first kappa shape index (κ1) is 24.0. The fourth-order valence-electron chi connectivity index (χ4n) is 4.76. The van der Waals surface area contributed by atoms with E-state index in [1.54, 1.807) is 20.8 Å². The van der Waals surface area contributed by atoms with Crippen LogP contribution in [0.25, 0.3) is 0 Å². The number of rotatable bonds is 0. The molecule has 6 unspecified atom stereocenters. The molecule has 3 saturated heterocycles. The van der Waals surface area contributed by atoms with Crippen LogP contribution in [0.5, 0.6) is 0 Å². The molecule has 3 heterocycles. The lowest BCUT2D eigenvalue weighted by Crippen LogP contribution is -2.57. The molecule has 0 aromatic heterocycles. The Balaban J connectivity index is 1.90. The summed E-state index contributed by atoms with van der Waals surface area (Å²) in [7, 11) is 1.53. The molecular formula is C22H34N4O6. The number of amides is 4. The third-order valence-electron chi connectivity index (χ3n) is 6.74. The average molecular weight is 451 g/mol. The van der Waals surface area contributed by atoms with E-state index < -0.39 is 42.1 Å². The largest absolute Gasteiger partial charge is 0.461 e. The molecule has 0 radical (unpaired) electrons. The van der Waals surface area contributed by atoms with Crippen molar-refractivity contribution >= 4 is 29.6 Å². The van der Waals surface area contributed by atoms with Gasteiger partial charge in [0.05, 0.1) is 6.42 Å². The van der Waals surface area contributed by atoms with Crippen molar-refractivity contribution < 1.29 is 28.7 Å². The predicted octanol–water partition coefficient (Wildman–Crippen LogP) is -0.0986. The second-order valence-corrected chi connectivity index (χ2v) is 9.40. The molecule has 0 bridgehead atoms. The molecule has 1 N–H and O–H groups in total. The first-order valence-electron chi connectivity index (χ1n) is 11.4. The zero-order valence-electron chi connectivity index (χ0n) is 19.5. The van der Waals surface area contributed by atoms with Crippen molar-refractivity contribution in [1.29, 1.82) is 0 Å². The zero-order valence-corrected chi connectivity index (χ0v) is 19.5. The van der Waals surface area contributed by atoms with Crippen molar-refractivity contribution in [2.75, 3.05) is 20.1 Å². The van der Waals surface area contributed by atoms with Gasteiger partial charge in [0, 0.05) is 20.1 Å². The maximum absolute atomic E-state index is 13.1. The minimum Gasteiger partial charge on any atom is -0.461 e. The van der Waals surface area contributed by atoms with Crippen molar-refractivity contribution in [2.24, 2.45) is 5.92 Å². The van der Waals surface area contributed by atoms with E-state index >= 15 is 0 Å². The summed E-state index contributed by atoms with van der Waals surface area (Å²) in [5, 5.41) is 2.68. The maximum Gasteiger partial charge on any atom is 0.329 e. The molecule has 6 atom stereocenters. The average Bonchev–Trinajstić information content (AvgIpc) is 3.37. The van der Waals surface area contributed by atoms with Gasteiger partial charge in [0.1, 0.15) is 30.3 Å². The zero-order chi connectivity index (χ0) is 23.7. The van der Waals surface area contributed by atoms with E-state index in [-0.39, 0.29) is 30.1 Å². The summed E-state index contributed by atoms with van der Waals surface area (Å²) >= 11 is 0. The Morgan fingerprint density at radius 1 is 0.938 bits per heavy atom. The predicted molar refractivity (Wildman–Crippen MR) is 114 cm³/mol. The van der Waals surface area contributed by atoms with Gasteiger partial charge in [0.15, 0.2) is 0 Å². The number of ether oxygens (including phenoxy) is 1. The molecule has 10 heteroatoms. The molecule has 10 nitrogen and oxygen atoms in total. The highest BCUT2D eigenvalue weighted by Gasteiger charge is 2.43. The monoisotopic (exact) mass is 450 g/mol. The quantitative estimate of drug-likeness (QED) is 0.515. The lowest BCUT2D eigenvalue weighted by molar-refractivity contribution is -0.160. The number of fused-ring (bicyclic) bond motifs is 2. The fraction of sp³-hybridized carbons (Fsp3) is 0.773. The molecule has 4 amide bonds. The second-order valence-electron chi connectivity index (χ2n) is 9.40. The van der Waals surface area contributed by atoms with Crippen molar-refractivity contribution in [3.63, 3.8) is 0 Å². The molecular weight excluding hydrogens is 416 g/mol. The van der Waals surface area contributed by atoms with Crippen molar-refractivity contribution in [3.05, 3.63) is 0 Å². The smallest absolute Gasteiger partial charge is 0.329 e. The summed E-state index contributed by atoms with van der Waals surface area (Å²) in [6, 6.07) is -3.07. The van der Waals surface area contributed by atoms with Crippen LogP contribution in [0.1, 0.15) is 53.4 Å². The number of nitrogens with zero attached hydrogens (tertiary/aromatic N) is 3. The molecule has 0 saturated carbocycles. The van der Waals surface area contributed by atoms with Crippen LogP contribution >= 0.6 is 0 Å². The third-order valence-corrected chi connectivity index (χ3v) is 6.74. The van der Waals surface area contributed by atoms with E-state index in [0.717, 1.165) is 0 Å². The Bertz CT molecular complexity index is 801. The van der Waals surface area contributed by atoms with Crippen molar-refractivity contribution in [1.82, 2.24) is 20.0 Å². The number of nitrogens with one attached hydrogen (secondary N) is 1. The lowest BCUT2D eigenvalue weighted by Gasteiger charge is -2.33. The normalized spacial score (nSPS) is 35.5. The van der Waals surface area contributed by atoms with Crippen LogP contribution in [0.4, 0.5) is 0 Å². The van der Waals surface area contributed by atoms with Gasteiger partial charge in [-0.3, -0.25) is 19.2 Å². The minimum absolute atomic E-state index is 0.0398.